The van der Waals surface area contributed by atoms with E-state index in [0.29, 0.717) is 12.0 Å². The molecule has 0 aliphatic carbocycles. The lowest BCUT2D eigenvalue weighted by molar-refractivity contribution is 0.579. The lowest BCUT2D eigenvalue weighted by Gasteiger charge is -2.08. The lowest BCUT2D eigenvalue weighted by atomic mass is 10.1. The molecule has 106 valence electrons. The van der Waals surface area contributed by atoms with Gasteiger partial charge in [0.2, 0.25) is 5.95 Å². The second-order valence-electron chi connectivity index (χ2n) is 3.99. The number of anilines is 2. The number of nitrogens with zero attached hydrogens (tertiary/aromatic N) is 2. The number of hydrazine groups is 1. The molecule has 0 amide bonds. The first-order chi connectivity index (χ1) is 9.58. The third-order valence-electron chi connectivity index (χ3n) is 2.50. The van der Waals surface area contributed by atoms with E-state index in [2.05, 4.69) is 20.7 Å². The van der Waals surface area contributed by atoms with Crippen molar-refractivity contribution in [3.8, 4) is 0 Å². The van der Waals surface area contributed by atoms with Gasteiger partial charge in [0.25, 0.3) is 0 Å². The second kappa shape index (κ2) is 6.20. The van der Waals surface area contributed by atoms with Crippen LogP contribution in [0.2, 0.25) is 0 Å². The number of rotatable bonds is 5. The molecule has 2 rings (SSSR count). The Morgan fingerprint density at radius 3 is 2.45 bits per heavy atom. The minimum Gasteiger partial charge on any atom is -0.367 e. The van der Waals surface area contributed by atoms with Gasteiger partial charge in [-0.05, 0) is 24.1 Å². The van der Waals surface area contributed by atoms with Crippen LogP contribution in [0.4, 0.5) is 24.9 Å². The van der Waals surface area contributed by atoms with Crippen molar-refractivity contribution < 1.29 is 13.2 Å². The van der Waals surface area contributed by atoms with Crippen molar-refractivity contribution in [3.05, 3.63) is 47.4 Å². The molecule has 5 nitrogen and oxygen atoms in total. The van der Waals surface area contributed by atoms with E-state index in [9.17, 15) is 13.2 Å². The maximum Gasteiger partial charge on any atom is 0.239 e. The van der Waals surface area contributed by atoms with Gasteiger partial charge in [-0.15, -0.1) is 0 Å². The summed E-state index contributed by atoms with van der Waals surface area (Å²) in [5.74, 6) is 3.19. The van der Waals surface area contributed by atoms with Crippen LogP contribution in [-0.2, 0) is 6.42 Å². The summed E-state index contributed by atoms with van der Waals surface area (Å²) in [6.07, 6.45) is 1.27. The molecule has 0 atom stereocenters. The van der Waals surface area contributed by atoms with Gasteiger partial charge < -0.3 is 5.32 Å². The average molecular weight is 283 g/mol. The van der Waals surface area contributed by atoms with Crippen molar-refractivity contribution in [1.82, 2.24) is 9.97 Å². The standard InChI is InChI=1S/C12H12F3N5/c13-8-3-7(4-9(14)5-8)1-2-17-11-10(15)6-18-12(19-11)20-16/h3-6H,1-2,16H2,(H2,17,18,19,20). The van der Waals surface area contributed by atoms with Gasteiger partial charge in [0.15, 0.2) is 11.6 Å². The highest BCUT2D eigenvalue weighted by molar-refractivity contribution is 5.40. The number of aromatic nitrogens is 2. The highest BCUT2D eigenvalue weighted by Crippen LogP contribution is 2.12. The first-order valence-corrected chi connectivity index (χ1v) is 5.76. The molecule has 4 N–H and O–H groups in total. The fraction of sp³-hybridized carbons (Fsp3) is 0.167. The average Bonchev–Trinajstić information content (AvgIpc) is 2.40. The number of halogens is 3. The van der Waals surface area contributed by atoms with E-state index in [1.807, 2.05) is 0 Å². The summed E-state index contributed by atoms with van der Waals surface area (Å²) in [4.78, 5) is 7.36. The van der Waals surface area contributed by atoms with E-state index in [1.165, 1.54) is 12.1 Å². The number of hydrogen-bond donors (Lipinski definition) is 3. The molecule has 0 saturated heterocycles. The molecule has 0 radical (unpaired) electrons. The number of nitrogens with two attached hydrogens (primary N) is 1. The van der Waals surface area contributed by atoms with Crippen LogP contribution in [0, 0.1) is 17.5 Å². The predicted molar refractivity (Wildman–Crippen MR) is 68.4 cm³/mol. The van der Waals surface area contributed by atoms with Crippen LogP contribution in [0.3, 0.4) is 0 Å². The lowest BCUT2D eigenvalue weighted by Crippen LogP contribution is -2.14. The van der Waals surface area contributed by atoms with E-state index in [-0.39, 0.29) is 18.3 Å². The van der Waals surface area contributed by atoms with Crippen molar-refractivity contribution in [1.29, 1.82) is 0 Å². The van der Waals surface area contributed by atoms with Gasteiger partial charge >= 0.3 is 0 Å². The van der Waals surface area contributed by atoms with Gasteiger partial charge in [0.05, 0.1) is 6.20 Å². The van der Waals surface area contributed by atoms with E-state index in [1.54, 1.807) is 0 Å². The first-order valence-electron chi connectivity index (χ1n) is 5.76. The van der Waals surface area contributed by atoms with Crippen LogP contribution in [0.25, 0.3) is 0 Å². The normalized spacial score (nSPS) is 10.4. The zero-order chi connectivity index (χ0) is 14.5. The molecule has 1 aromatic heterocycles. The number of nitrogen functional groups attached to an aromatic ring is 1. The molecule has 1 heterocycles. The van der Waals surface area contributed by atoms with Crippen molar-refractivity contribution >= 4 is 11.8 Å². The summed E-state index contributed by atoms with van der Waals surface area (Å²) in [7, 11) is 0. The fourth-order valence-corrected chi connectivity index (χ4v) is 1.64. The van der Waals surface area contributed by atoms with Gasteiger partial charge in [0, 0.05) is 12.6 Å². The molecule has 0 aliphatic heterocycles. The van der Waals surface area contributed by atoms with Crippen LogP contribution >= 0.6 is 0 Å². The SMILES string of the molecule is NNc1ncc(F)c(NCCc2cc(F)cc(F)c2)n1. The molecule has 8 heteroatoms. The summed E-state index contributed by atoms with van der Waals surface area (Å²) < 4.78 is 39.3. The summed E-state index contributed by atoms with van der Waals surface area (Å²) in [6.45, 7) is 0.251. The zero-order valence-corrected chi connectivity index (χ0v) is 10.3. The Kier molecular flexibility index (Phi) is 4.36. The van der Waals surface area contributed by atoms with Crippen molar-refractivity contribution in [2.75, 3.05) is 17.3 Å². The third-order valence-corrected chi connectivity index (χ3v) is 2.50. The Hall–Kier alpha value is -2.35. The Morgan fingerprint density at radius 1 is 1.10 bits per heavy atom. The van der Waals surface area contributed by atoms with Gasteiger partial charge in [0.1, 0.15) is 11.6 Å². The number of nitrogens with one attached hydrogen (secondary N) is 2. The molecule has 0 aliphatic rings. The highest BCUT2D eigenvalue weighted by Gasteiger charge is 2.06. The molecule has 0 spiro atoms. The molecule has 0 bridgehead atoms. The Labute approximate surface area is 113 Å². The molecule has 0 fully saturated rings. The van der Waals surface area contributed by atoms with Gasteiger partial charge in [-0.25, -0.2) is 24.0 Å². The van der Waals surface area contributed by atoms with E-state index in [4.69, 9.17) is 5.84 Å². The van der Waals surface area contributed by atoms with Crippen LogP contribution < -0.4 is 16.6 Å². The van der Waals surface area contributed by atoms with Crippen molar-refractivity contribution in [3.63, 3.8) is 0 Å². The minimum absolute atomic E-state index is 0.0372. The van der Waals surface area contributed by atoms with E-state index < -0.39 is 17.5 Å². The summed E-state index contributed by atoms with van der Waals surface area (Å²) in [5, 5.41) is 2.71. The van der Waals surface area contributed by atoms with E-state index >= 15 is 0 Å². The van der Waals surface area contributed by atoms with Crippen LogP contribution in [0.5, 0.6) is 0 Å². The maximum atomic E-state index is 13.4. The molecular weight excluding hydrogens is 271 g/mol. The molecule has 2 aromatic rings. The van der Waals surface area contributed by atoms with Gasteiger partial charge in [-0.2, -0.15) is 4.98 Å². The molecular formula is C12H12F3N5. The van der Waals surface area contributed by atoms with Crippen molar-refractivity contribution in [2.45, 2.75) is 6.42 Å². The summed E-state index contributed by atoms with van der Waals surface area (Å²) >= 11 is 0. The maximum absolute atomic E-state index is 13.4. The Morgan fingerprint density at radius 2 is 1.80 bits per heavy atom. The monoisotopic (exact) mass is 283 g/mol. The zero-order valence-electron chi connectivity index (χ0n) is 10.3. The van der Waals surface area contributed by atoms with E-state index in [0.717, 1.165) is 12.3 Å². The topological polar surface area (TPSA) is 75.9 Å². The van der Waals surface area contributed by atoms with Crippen molar-refractivity contribution in [2.24, 2.45) is 5.84 Å². The fourth-order valence-electron chi connectivity index (χ4n) is 1.64. The van der Waals surface area contributed by atoms with Gasteiger partial charge in [-0.3, -0.25) is 5.43 Å². The molecule has 0 unspecified atom stereocenters. The van der Waals surface area contributed by atoms with Crippen LogP contribution in [-0.4, -0.2) is 16.5 Å². The van der Waals surface area contributed by atoms with Gasteiger partial charge in [-0.1, -0.05) is 0 Å². The largest absolute Gasteiger partial charge is 0.367 e. The smallest absolute Gasteiger partial charge is 0.239 e. The van der Waals surface area contributed by atoms with Crippen LogP contribution in [0.15, 0.2) is 24.4 Å². The summed E-state index contributed by atoms with van der Waals surface area (Å²) in [5.41, 5.74) is 2.65. The quantitative estimate of drug-likeness (QED) is 0.576. The molecule has 1 aromatic carbocycles. The third kappa shape index (κ3) is 3.58. The molecule has 0 saturated carbocycles. The second-order valence-corrected chi connectivity index (χ2v) is 3.99. The highest BCUT2D eigenvalue weighted by atomic mass is 19.1. The summed E-state index contributed by atoms with van der Waals surface area (Å²) in [6, 6.07) is 3.22. The van der Waals surface area contributed by atoms with Crippen LogP contribution in [0.1, 0.15) is 5.56 Å². The predicted octanol–water partition coefficient (Wildman–Crippen LogP) is 1.83. The molecule has 20 heavy (non-hydrogen) atoms. The number of benzene rings is 1. The number of hydrogen-bond acceptors (Lipinski definition) is 5. The Balaban J connectivity index is 1.99. The first kappa shape index (κ1) is 14.1. The Bertz CT molecular complexity index is 585. The minimum atomic E-state index is -0.650.